The van der Waals surface area contributed by atoms with Crippen LogP contribution in [0.25, 0.3) is 0 Å². The highest BCUT2D eigenvalue weighted by atomic mass is 32.1. The molecule has 3 N–H and O–H groups in total. The number of pyridine rings is 1. The summed E-state index contributed by atoms with van der Waals surface area (Å²) in [6.45, 7) is 5.27. The maximum absolute atomic E-state index is 5.68. The SMILES string of the molecule is CCN(CCNc1cnccc1C(N)=S)C1CC1. The van der Waals surface area contributed by atoms with Crippen LogP contribution in [-0.2, 0) is 0 Å². The van der Waals surface area contributed by atoms with Crippen molar-refractivity contribution in [2.24, 2.45) is 5.73 Å². The van der Waals surface area contributed by atoms with Crippen LogP contribution in [0.15, 0.2) is 18.5 Å². The maximum Gasteiger partial charge on any atom is 0.106 e. The second-order valence-corrected chi connectivity index (χ2v) is 5.01. The van der Waals surface area contributed by atoms with Gasteiger partial charge in [0.1, 0.15) is 4.99 Å². The van der Waals surface area contributed by atoms with Gasteiger partial charge in [-0.1, -0.05) is 19.1 Å². The van der Waals surface area contributed by atoms with Gasteiger partial charge in [0.05, 0.1) is 11.9 Å². The molecule has 0 unspecified atom stereocenters. The third-order valence-corrected chi connectivity index (χ3v) is 3.49. The lowest BCUT2D eigenvalue weighted by Gasteiger charge is -2.20. The Kier molecular flexibility index (Phi) is 4.49. The fourth-order valence-corrected chi connectivity index (χ4v) is 2.30. The zero-order valence-electron chi connectivity index (χ0n) is 10.7. The topological polar surface area (TPSA) is 54.2 Å². The van der Waals surface area contributed by atoms with E-state index in [2.05, 4.69) is 22.1 Å². The molecule has 0 aromatic carbocycles. The third kappa shape index (κ3) is 3.40. The van der Waals surface area contributed by atoms with E-state index in [4.69, 9.17) is 18.0 Å². The summed E-state index contributed by atoms with van der Waals surface area (Å²) >= 11 is 5.03. The molecule has 2 rings (SSSR count). The summed E-state index contributed by atoms with van der Waals surface area (Å²) in [6, 6.07) is 2.66. The van der Waals surface area contributed by atoms with Gasteiger partial charge in [0, 0.05) is 30.9 Å². The molecule has 1 aromatic heterocycles. The van der Waals surface area contributed by atoms with Crippen LogP contribution in [0.2, 0.25) is 0 Å². The number of thiocarbonyl (C=S) groups is 1. The van der Waals surface area contributed by atoms with E-state index in [1.54, 1.807) is 12.4 Å². The highest BCUT2D eigenvalue weighted by Gasteiger charge is 2.27. The average molecular weight is 264 g/mol. The van der Waals surface area contributed by atoms with Gasteiger partial charge in [0.2, 0.25) is 0 Å². The summed E-state index contributed by atoms with van der Waals surface area (Å²) in [5.41, 5.74) is 7.48. The fourth-order valence-electron chi connectivity index (χ4n) is 2.12. The van der Waals surface area contributed by atoms with Gasteiger partial charge in [-0.15, -0.1) is 0 Å². The van der Waals surface area contributed by atoms with Crippen molar-refractivity contribution < 1.29 is 0 Å². The molecule has 1 saturated carbocycles. The number of nitrogens with two attached hydrogens (primary N) is 1. The van der Waals surface area contributed by atoms with E-state index < -0.39 is 0 Å². The normalized spacial score (nSPS) is 14.8. The Balaban J connectivity index is 1.87. The van der Waals surface area contributed by atoms with Crippen LogP contribution in [0.1, 0.15) is 25.3 Å². The van der Waals surface area contributed by atoms with Crippen LogP contribution in [0, 0.1) is 0 Å². The minimum absolute atomic E-state index is 0.412. The maximum atomic E-state index is 5.68. The quantitative estimate of drug-likeness (QED) is 0.733. The molecular weight excluding hydrogens is 244 g/mol. The van der Waals surface area contributed by atoms with Crippen molar-refractivity contribution in [1.29, 1.82) is 0 Å². The van der Waals surface area contributed by atoms with E-state index in [1.165, 1.54) is 12.8 Å². The zero-order valence-corrected chi connectivity index (χ0v) is 11.5. The predicted octanol–water partition coefficient (Wildman–Crippen LogP) is 1.61. The Morgan fingerprint density at radius 3 is 3.00 bits per heavy atom. The van der Waals surface area contributed by atoms with Crippen molar-refractivity contribution in [3.63, 3.8) is 0 Å². The first-order valence-corrected chi connectivity index (χ1v) is 6.85. The molecule has 5 heteroatoms. The van der Waals surface area contributed by atoms with Crippen molar-refractivity contribution in [3.05, 3.63) is 24.0 Å². The highest BCUT2D eigenvalue weighted by Crippen LogP contribution is 2.26. The number of aromatic nitrogens is 1. The van der Waals surface area contributed by atoms with Gasteiger partial charge >= 0.3 is 0 Å². The molecule has 0 atom stereocenters. The number of nitrogens with zero attached hydrogens (tertiary/aromatic N) is 2. The molecule has 1 aliphatic rings. The van der Waals surface area contributed by atoms with E-state index in [1.807, 2.05) is 6.07 Å². The monoisotopic (exact) mass is 264 g/mol. The second kappa shape index (κ2) is 6.11. The van der Waals surface area contributed by atoms with Crippen LogP contribution < -0.4 is 11.1 Å². The molecule has 1 heterocycles. The van der Waals surface area contributed by atoms with Crippen LogP contribution >= 0.6 is 12.2 Å². The first kappa shape index (κ1) is 13.2. The molecular formula is C13H20N4S. The molecule has 0 amide bonds. The van der Waals surface area contributed by atoms with Gasteiger partial charge in [0.15, 0.2) is 0 Å². The minimum atomic E-state index is 0.412. The van der Waals surface area contributed by atoms with E-state index in [9.17, 15) is 0 Å². The van der Waals surface area contributed by atoms with Crippen LogP contribution in [-0.4, -0.2) is 40.5 Å². The van der Waals surface area contributed by atoms with E-state index in [0.717, 1.165) is 36.9 Å². The van der Waals surface area contributed by atoms with Gasteiger partial charge in [-0.2, -0.15) is 0 Å². The molecule has 4 nitrogen and oxygen atoms in total. The highest BCUT2D eigenvalue weighted by molar-refractivity contribution is 7.80. The summed E-state index contributed by atoms with van der Waals surface area (Å²) in [5, 5.41) is 3.37. The van der Waals surface area contributed by atoms with Crippen molar-refractivity contribution in [2.45, 2.75) is 25.8 Å². The summed E-state index contributed by atoms with van der Waals surface area (Å²) in [7, 11) is 0. The Labute approximate surface area is 114 Å². The minimum Gasteiger partial charge on any atom is -0.389 e. The number of hydrogen-bond donors (Lipinski definition) is 2. The molecule has 1 aliphatic carbocycles. The number of rotatable bonds is 7. The van der Waals surface area contributed by atoms with Crippen LogP contribution in [0.3, 0.4) is 0 Å². The van der Waals surface area contributed by atoms with Gasteiger partial charge in [-0.05, 0) is 25.5 Å². The molecule has 98 valence electrons. The number of nitrogens with one attached hydrogen (secondary N) is 1. The molecule has 18 heavy (non-hydrogen) atoms. The van der Waals surface area contributed by atoms with Crippen molar-refractivity contribution in [2.75, 3.05) is 25.0 Å². The van der Waals surface area contributed by atoms with Gasteiger partial charge in [0.25, 0.3) is 0 Å². The third-order valence-electron chi connectivity index (χ3n) is 3.27. The van der Waals surface area contributed by atoms with Crippen molar-refractivity contribution in [3.8, 4) is 0 Å². The van der Waals surface area contributed by atoms with Gasteiger partial charge in [-0.25, -0.2) is 0 Å². The van der Waals surface area contributed by atoms with Gasteiger partial charge in [-0.3, -0.25) is 9.88 Å². The summed E-state index contributed by atoms with van der Waals surface area (Å²) in [6.07, 6.45) is 6.18. The lowest BCUT2D eigenvalue weighted by molar-refractivity contribution is 0.289. The first-order valence-electron chi connectivity index (χ1n) is 6.44. The molecule has 0 saturated heterocycles. The smallest absolute Gasteiger partial charge is 0.106 e. The predicted molar refractivity (Wildman–Crippen MR) is 78.9 cm³/mol. The summed E-state index contributed by atoms with van der Waals surface area (Å²) in [5.74, 6) is 0. The largest absolute Gasteiger partial charge is 0.389 e. The van der Waals surface area contributed by atoms with Crippen molar-refractivity contribution >= 4 is 22.9 Å². The average Bonchev–Trinajstić information content (AvgIpc) is 3.19. The second-order valence-electron chi connectivity index (χ2n) is 4.57. The first-order chi connectivity index (χ1) is 8.72. The molecule has 0 radical (unpaired) electrons. The lowest BCUT2D eigenvalue weighted by Crippen LogP contribution is -2.31. The fraction of sp³-hybridized carbons (Fsp3) is 0.538. The Bertz CT molecular complexity index is 417. The Morgan fingerprint density at radius 2 is 2.39 bits per heavy atom. The number of hydrogen-bond acceptors (Lipinski definition) is 4. The van der Waals surface area contributed by atoms with Crippen LogP contribution in [0.5, 0.6) is 0 Å². The summed E-state index contributed by atoms with van der Waals surface area (Å²) in [4.78, 5) is 7.02. The van der Waals surface area contributed by atoms with E-state index in [0.29, 0.717) is 4.99 Å². The molecule has 1 aromatic rings. The zero-order chi connectivity index (χ0) is 13.0. The Hall–Kier alpha value is -1.20. The molecule has 0 bridgehead atoms. The van der Waals surface area contributed by atoms with E-state index in [-0.39, 0.29) is 0 Å². The Morgan fingerprint density at radius 1 is 1.61 bits per heavy atom. The van der Waals surface area contributed by atoms with E-state index >= 15 is 0 Å². The standard InChI is InChI=1S/C13H20N4S/c1-2-17(10-3-4-10)8-7-16-12-9-15-6-5-11(12)13(14)18/h5-6,9-10,16H,2-4,7-8H2,1H3,(H2,14,18). The van der Waals surface area contributed by atoms with Gasteiger partial charge < -0.3 is 11.1 Å². The molecule has 0 aliphatic heterocycles. The number of likely N-dealkylation sites (N-methyl/N-ethyl adjacent to an activating group) is 1. The lowest BCUT2D eigenvalue weighted by atomic mass is 10.2. The molecule has 0 spiro atoms. The molecule has 1 fully saturated rings. The summed E-state index contributed by atoms with van der Waals surface area (Å²) < 4.78 is 0. The van der Waals surface area contributed by atoms with Crippen LogP contribution in [0.4, 0.5) is 5.69 Å². The number of anilines is 1. The van der Waals surface area contributed by atoms with Crippen molar-refractivity contribution in [1.82, 2.24) is 9.88 Å².